The number of halogens is 1. The van der Waals surface area contributed by atoms with Crippen molar-refractivity contribution >= 4 is 23.4 Å². The molecule has 2 unspecified atom stereocenters. The van der Waals surface area contributed by atoms with Gasteiger partial charge in [0.15, 0.2) is 0 Å². The molecule has 1 rings (SSSR count). The Bertz CT molecular complexity index is 594. The number of hydrogen-bond donors (Lipinski definition) is 3. The zero-order valence-corrected chi connectivity index (χ0v) is 17.2. The molecule has 1 aromatic carbocycles. The van der Waals surface area contributed by atoms with Gasteiger partial charge < -0.3 is 16.4 Å². The first-order valence-electron chi connectivity index (χ1n) is 9.07. The second-order valence-corrected chi connectivity index (χ2v) is 8.68. The highest BCUT2D eigenvalue weighted by atomic mass is 35.5. The highest BCUT2D eigenvalue weighted by Crippen LogP contribution is 2.30. The maximum absolute atomic E-state index is 12.3. The highest BCUT2D eigenvalue weighted by molar-refractivity contribution is 6.30. The van der Waals surface area contributed by atoms with E-state index >= 15 is 0 Å². The molecule has 5 nitrogen and oxygen atoms in total. The molecular weight excluding hydrogens is 350 g/mol. The molecular formula is C20H32ClN3O2. The Morgan fingerprint density at radius 1 is 1.15 bits per heavy atom. The highest BCUT2D eigenvalue weighted by Gasteiger charge is 2.22. The van der Waals surface area contributed by atoms with Gasteiger partial charge >= 0.3 is 0 Å². The predicted octanol–water partition coefficient (Wildman–Crippen LogP) is 3.42. The third-order valence-corrected chi connectivity index (χ3v) is 4.35. The van der Waals surface area contributed by atoms with Gasteiger partial charge in [0.25, 0.3) is 0 Å². The number of rotatable bonds is 8. The van der Waals surface area contributed by atoms with Gasteiger partial charge in [-0.15, -0.1) is 0 Å². The van der Waals surface area contributed by atoms with Crippen LogP contribution in [0.2, 0.25) is 5.02 Å². The van der Waals surface area contributed by atoms with Gasteiger partial charge in [0.1, 0.15) is 0 Å². The van der Waals surface area contributed by atoms with Gasteiger partial charge in [-0.2, -0.15) is 0 Å². The minimum atomic E-state index is -0.555. The molecule has 0 saturated carbocycles. The number of amides is 2. The Kier molecular flexibility index (Phi) is 8.57. The summed E-state index contributed by atoms with van der Waals surface area (Å²) in [7, 11) is 0. The van der Waals surface area contributed by atoms with Crippen LogP contribution in [0.25, 0.3) is 0 Å². The molecule has 6 heteroatoms. The topological polar surface area (TPSA) is 84.2 Å². The Balaban J connectivity index is 2.63. The maximum Gasteiger partial charge on any atom is 0.237 e. The van der Waals surface area contributed by atoms with Crippen LogP contribution in [0.3, 0.4) is 0 Å². The average Bonchev–Trinajstić information content (AvgIpc) is 2.52. The van der Waals surface area contributed by atoms with E-state index in [0.717, 1.165) is 12.0 Å². The maximum atomic E-state index is 12.3. The van der Waals surface area contributed by atoms with Gasteiger partial charge in [0.05, 0.1) is 12.1 Å². The SMILES string of the molecule is CC(C)C(N)C(=O)NCCC(=O)NC(CC(C)(C)C)c1ccc(Cl)cc1. The molecule has 0 heterocycles. The van der Waals surface area contributed by atoms with Crippen molar-refractivity contribution in [1.29, 1.82) is 0 Å². The molecule has 0 aliphatic rings. The molecule has 1 aromatic rings. The predicted molar refractivity (Wildman–Crippen MR) is 107 cm³/mol. The minimum absolute atomic E-state index is 0.0514. The molecule has 0 fully saturated rings. The molecule has 0 bridgehead atoms. The summed E-state index contributed by atoms with van der Waals surface area (Å²) < 4.78 is 0. The van der Waals surface area contributed by atoms with Crippen LogP contribution in [0.1, 0.15) is 59.1 Å². The van der Waals surface area contributed by atoms with Crippen molar-refractivity contribution in [3.05, 3.63) is 34.9 Å². The van der Waals surface area contributed by atoms with Gasteiger partial charge in [-0.3, -0.25) is 9.59 Å². The lowest BCUT2D eigenvalue weighted by atomic mass is 9.85. The van der Waals surface area contributed by atoms with E-state index in [4.69, 9.17) is 17.3 Å². The normalized spacial score (nSPS) is 14.0. The second kappa shape index (κ2) is 9.93. The van der Waals surface area contributed by atoms with Crippen LogP contribution in [0, 0.1) is 11.3 Å². The first-order valence-corrected chi connectivity index (χ1v) is 9.45. The Labute approximate surface area is 162 Å². The molecule has 0 radical (unpaired) electrons. The fourth-order valence-electron chi connectivity index (χ4n) is 2.55. The van der Waals surface area contributed by atoms with E-state index in [0.29, 0.717) is 5.02 Å². The van der Waals surface area contributed by atoms with Gasteiger partial charge in [-0.25, -0.2) is 0 Å². The number of nitrogens with two attached hydrogens (primary N) is 1. The van der Waals surface area contributed by atoms with E-state index in [2.05, 4.69) is 31.4 Å². The largest absolute Gasteiger partial charge is 0.354 e. The quantitative estimate of drug-likeness (QED) is 0.645. The lowest BCUT2D eigenvalue weighted by Crippen LogP contribution is -2.45. The minimum Gasteiger partial charge on any atom is -0.354 e. The number of carbonyl (C=O) groups excluding carboxylic acids is 2. The summed E-state index contributed by atoms with van der Waals surface area (Å²) in [4.78, 5) is 24.2. The van der Waals surface area contributed by atoms with E-state index in [1.807, 2.05) is 38.1 Å². The molecule has 0 saturated heterocycles. The lowest BCUT2D eigenvalue weighted by Gasteiger charge is -2.27. The number of nitrogens with one attached hydrogen (secondary N) is 2. The number of carbonyl (C=O) groups is 2. The third kappa shape index (κ3) is 8.19. The monoisotopic (exact) mass is 381 g/mol. The van der Waals surface area contributed by atoms with Crippen LogP contribution < -0.4 is 16.4 Å². The van der Waals surface area contributed by atoms with Crippen LogP contribution >= 0.6 is 11.6 Å². The molecule has 0 aliphatic heterocycles. The molecule has 2 amide bonds. The summed E-state index contributed by atoms with van der Waals surface area (Å²) in [6.45, 7) is 10.5. The van der Waals surface area contributed by atoms with Gasteiger partial charge in [-0.1, -0.05) is 58.4 Å². The first kappa shape index (κ1) is 22.5. The zero-order valence-electron chi connectivity index (χ0n) is 16.4. The van der Waals surface area contributed by atoms with E-state index in [9.17, 15) is 9.59 Å². The van der Waals surface area contributed by atoms with Gasteiger partial charge in [-0.05, 0) is 35.4 Å². The Hall–Kier alpha value is -1.59. The lowest BCUT2D eigenvalue weighted by molar-refractivity contribution is -0.124. The summed E-state index contributed by atoms with van der Waals surface area (Å²) >= 11 is 5.96. The molecule has 0 aliphatic carbocycles. The number of hydrogen-bond acceptors (Lipinski definition) is 3. The van der Waals surface area contributed by atoms with Gasteiger partial charge in [0.2, 0.25) is 11.8 Å². The Morgan fingerprint density at radius 2 is 1.73 bits per heavy atom. The zero-order chi connectivity index (χ0) is 19.9. The standard InChI is InChI=1S/C20H32ClN3O2/c1-13(2)18(22)19(26)23-11-10-17(25)24-16(12-20(3,4)5)14-6-8-15(21)9-7-14/h6-9,13,16,18H,10-12,22H2,1-5H3,(H,23,26)(H,24,25). The van der Waals surface area contributed by atoms with Crippen LogP contribution in [0.4, 0.5) is 0 Å². The van der Waals surface area contributed by atoms with Crippen LogP contribution in [0.5, 0.6) is 0 Å². The molecule has 4 N–H and O–H groups in total. The van der Waals surface area contributed by atoms with Crippen molar-refractivity contribution in [3.8, 4) is 0 Å². The molecule has 0 spiro atoms. The number of benzene rings is 1. The second-order valence-electron chi connectivity index (χ2n) is 8.25. The van der Waals surface area contributed by atoms with E-state index in [-0.39, 0.29) is 42.2 Å². The van der Waals surface area contributed by atoms with E-state index < -0.39 is 6.04 Å². The van der Waals surface area contributed by atoms with E-state index in [1.54, 1.807) is 0 Å². The van der Waals surface area contributed by atoms with E-state index in [1.165, 1.54) is 0 Å². The Morgan fingerprint density at radius 3 is 2.23 bits per heavy atom. The smallest absolute Gasteiger partial charge is 0.237 e. The van der Waals surface area contributed by atoms with Crippen molar-refractivity contribution in [3.63, 3.8) is 0 Å². The third-order valence-electron chi connectivity index (χ3n) is 4.10. The summed E-state index contributed by atoms with van der Waals surface area (Å²) in [6, 6.07) is 6.86. The molecule has 2 atom stereocenters. The van der Waals surface area contributed by atoms with Crippen molar-refractivity contribution < 1.29 is 9.59 Å². The summed E-state index contributed by atoms with van der Waals surface area (Å²) in [5.74, 6) is -0.269. The molecule has 146 valence electrons. The van der Waals surface area contributed by atoms with Crippen molar-refractivity contribution in [2.75, 3.05) is 6.54 Å². The fraction of sp³-hybridized carbons (Fsp3) is 0.600. The molecule has 26 heavy (non-hydrogen) atoms. The average molecular weight is 382 g/mol. The van der Waals surface area contributed by atoms with Crippen molar-refractivity contribution in [1.82, 2.24) is 10.6 Å². The summed E-state index contributed by atoms with van der Waals surface area (Å²) in [6.07, 6.45) is 1.01. The first-order chi connectivity index (χ1) is 12.0. The van der Waals surface area contributed by atoms with Crippen LogP contribution in [-0.2, 0) is 9.59 Å². The van der Waals surface area contributed by atoms with Gasteiger partial charge in [0, 0.05) is 18.0 Å². The summed E-state index contributed by atoms with van der Waals surface area (Å²) in [5.41, 5.74) is 6.86. The van der Waals surface area contributed by atoms with Crippen molar-refractivity contribution in [2.45, 2.75) is 59.5 Å². The summed E-state index contributed by atoms with van der Waals surface area (Å²) in [5, 5.41) is 6.46. The fourth-order valence-corrected chi connectivity index (χ4v) is 2.67. The van der Waals surface area contributed by atoms with Crippen LogP contribution in [0.15, 0.2) is 24.3 Å². The molecule has 0 aromatic heterocycles. The van der Waals surface area contributed by atoms with Crippen molar-refractivity contribution in [2.24, 2.45) is 17.1 Å². The van der Waals surface area contributed by atoms with Crippen LogP contribution in [-0.4, -0.2) is 24.4 Å².